The molecule has 1 aliphatic rings. The number of para-hydroxylation sites is 1. The second kappa shape index (κ2) is 6.95. The molecule has 1 aliphatic heterocycles. The van der Waals surface area contributed by atoms with Crippen molar-refractivity contribution in [2.75, 3.05) is 5.32 Å². The summed E-state index contributed by atoms with van der Waals surface area (Å²) in [4.78, 5) is 12.9. The van der Waals surface area contributed by atoms with Crippen LogP contribution < -0.4 is 10.6 Å². The van der Waals surface area contributed by atoms with Crippen LogP contribution >= 0.6 is 24.0 Å². The van der Waals surface area contributed by atoms with Gasteiger partial charge < -0.3 is 10.6 Å². The van der Waals surface area contributed by atoms with E-state index in [-0.39, 0.29) is 5.91 Å². The van der Waals surface area contributed by atoms with Gasteiger partial charge in [0.1, 0.15) is 0 Å². The highest BCUT2D eigenvalue weighted by molar-refractivity contribution is 7.84. The number of hydrogen-bond donors (Lipinski definition) is 3. The van der Waals surface area contributed by atoms with Crippen molar-refractivity contribution in [3.05, 3.63) is 74.6 Å². The second-order valence-corrected chi connectivity index (χ2v) is 6.57. The minimum absolute atomic E-state index is 0.226. The third-order valence-corrected chi connectivity index (χ3v) is 4.87. The third kappa shape index (κ3) is 3.09. The number of allylic oxidation sites excluding steroid dienone is 2. The lowest BCUT2D eigenvalue weighted by Gasteiger charge is -2.27. The van der Waals surface area contributed by atoms with Crippen LogP contribution in [0, 0.1) is 11.3 Å². The molecule has 0 saturated carbocycles. The summed E-state index contributed by atoms with van der Waals surface area (Å²) in [5.74, 6) is -0.644. The molecule has 2 aromatic rings. The fraction of sp³-hybridized carbons (Fsp3) is 0.111. The predicted molar refractivity (Wildman–Crippen MR) is 99.6 cm³/mol. The van der Waals surface area contributed by atoms with E-state index in [9.17, 15) is 10.1 Å². The number of carbonyl (C=O) groups excluding carboxylic acids is 1. The van der Waals surface area contributed by atoms with Gasteiger partial charge in [-0.1, -0.05) is 18.2 Å². The van der Waals surface area contributed by atoms with Crippen LogP contribution in [0.2, 0.25) is 0 Å². The predicted octanol–water partition coefficient (Wildman–Crippen LogP) is 4.01. The number of amides is 1. The van der Waals surface area contributed by atoms with Crippen molar-refractivity contribution in [1.82, 2.24) is 5.32 Å². The van der Waals surface area contributed by atoms with Gasteiger partial charge in [-0.05, 0) is 41.4 Å². The molecule has 0 spiro atoms. The van der Waals surface area contributed by atoms with Gasteiger partial charge in [-0.15, -0.1) is 12.6 Å². The zero-order valence-corrected chi connectivity index (χ0v) is 14.6. The molecule has 0 saturated heterocycles. The molecular weight excluding hydrogens is 338 g/mol. The minimum Gasteiger partial charge on any atom is -0.353 e. The highest BCUT2D eigenvalue weighted by Crippen LogP contribution is 2.39. The van der Waals surface area contributed by atoms with E-state index in [0.717, 1.165) is 5.56 Å². The van der Waals surface area contributed by atoms with E-state index in [4.69, 9.17) is 0 Å². The summed E-state index contributed by atoms with van der Waals surface area (Å²) in [7, 11) is 0. The Morgan fingerprint density at radius 2 is 2.08 bits per heavy atom. The van der Waals surface area contributed by atoms with E-state index in [1.165, 1.54) is 11.3 Å². The van der Waals surface area contributed by atoms with Crippen LogP contribution in [-0.2, 0) is 4.79 Å². The zero-order chi connectivity index (χ0) is 17.1. The lowest BCUT2D eigenvalue weighted by Crippen LogP contribution is -2.29. The van der Waals surface area contributed by atoms with Crippen molar-refractivity contribution in [3.63, 3.8) is 0 Å². The van der Waals surface area contributed by atoms with E-state index in [0.29, 0.717) is 27.6 Å². The molecule has 6 heteroatoms. The Morgan fingerprint density at radius 1 is 1.33 bits per heavy atom. The maximum Gasteiger partial charge on any atom is 0.254 e. The van der Waals surface area contributed by atoms with Gasteiger partial charge in [0.25, 0.3) is 5.91 Å². The normalized spacial score (nSPS) is 17.3. The Labute approximate surface area is 149 Å². The topological polar surface area (TPSA) is 64.9 Å². The van der Waals surface area contributed by atoms with Crippen LogP contribution in [0.4, 0.5) is 5.69 Å². The van der Waals surface area contributed by atoms with Gasteiger partial charge in [-0.3, -0.25) is 4.79 Å². The van der Waals surface area contributed by atoms with Gasteiger partial charge in [-0.2, -0.15) is 16.6 Å². The summed E-state index contributed by atoms with van der Waals surface area (Å²) in [5.41, 5.74) is 3.31. The average molecular weight is 353 g/mol. The van der Waals surface area contributed by atoms with Crippen molar-refractivity contribution >= 4 is 35.6 Å². The molecule has 0 radical (unpaired) electrons. The first-order valence-corrected chi connectivity index (χ1v) is 8.70. The van der Waals surface area contributed by atoms with Crippen LogP contribution in [0.25, 0.3) is 0 Å². The summed E-state index contributed by atoms with van der Waals surface area (Å²) in [6, 6.07) is 13.4. The Bertz CT molecular complexity index is 861. The van der Waals surface area contributed by atoms with Gasteiger partial charge in [0.15, 0.2) is 0 Å². The van der Waals surface area contributed by atoms with Crippen molar-refractivity contribution in [2.24, 2.45) is 0 Å². The lowest BCUT2D eigenvalue weighted by atomic mass is 9.83. The lowest BCUT2D eigenvalue weighted by molar-refractivity contribution is -0.113. The second-order valence-electron chi connectivity index (χ2n) is 5.35. The van der Waals surface area contributed by atoms with E-state index in [1.54, 1.807) is 0 Å². The first-order valence-electron chi connectivity index (χ1n) is 7.31. The Balaban J connectivity index is 2.02. The molecule has 0 fully saturated rings. The van der Waals surface area contributed by atoms with Crippen molar-refractivity contribution in [2.45, 2.75) is 12.8 Å². The van der Waals surface area contributed by atoms with E-state index >= 15 is 0 Å². The summed E-state index contributed by atoms with van der Waals surface area (Å²) in [6.45, 7) is 1.82. The monoisotopic (exact) mass is 353 g/mol. The minimum atomic E-state index is -0.418. The molecule has 3 rings (SSSR count). The number of hydrogen-bond acceptors (Lipinski definition) is 5. The molecule has 1 aromatic heterocycles. The number of anilines is 1. The van der Waals surface area contributed by atoms with Crippen molar-refractivity contribution < 1.29 is 4.79 Å². The summed E-state index contributed by atoms with van der Waals surface area (Å²) in [6.07, 6.45) is 0. The maximum atomic E-state index is 12.9. The number of benzene rings is 1. The first-order chi connectivity index (χ1) is 11.6. The first kappa shape index (κ1) is 16.4. The van der Waals surface area contributed by atoms with E-state index in [1.807, 2.05) is 54.1 Å². The van der Waals surface area contributed by atoms with Gasteiger partial charge in [0.05, 0.1) is 22.6 Å². The number of rotatable bonds is 3. The highest BCUT2D eigenvalue weighted by Gasteiger charge is 2.33. The molecule has 1 unspecified atom stereocenters. The van der Waals surface area contributed by atoms with Crippen LogP contribution in [0.15, 0.2) is 69.0 Å². The molecule has 2 N–H and O–H groups in total. The Morgan fingerprint density at radius 3 is 2.71 bits per heavy atom. The fourth-order valence-electron chi connectivity index (χ4n) is 2.72. The Hall–Kier alpha value is -2.49. The van der Waals surface area contributed by atoms with Crippen LogP contribution in [0.3, 0.4) is 0 Å². The maximum absolute atomic E-state index is 12.9. The number of nitrogens with zero attached hydrogens (tertiary/aromatic N) is 1. The van der Waals surface area contributed by atoms with E-state index < -0.39 is 5.92 Å². The molecule has 2 heterocycles. The average Bonchev–Trinajstić information content (AvgIpc) is 3.09. The van der Waals surface area contributed by atoms with Gasteiger partial charge in [0, 0.05) is 17.0 Å². The quantitative estimate of drug-likeness (QED) is 0.731. The van der Waals surface area contributed by atoms with Crippen molar-refractivity contribution in [3.8, 4) is 6.07 Å². The molecule has 1 amide bonds. The van der Waals surface area contributed by atoms with E-state index in [2.05, 4.69) is 29.3 Å². The molecule has 24 heavy (non-hydrogen) atoms. The van der Waals surface area contributed by atoms with Crippen molar-refractivity contribution in [1.29, 1.82) is 5.26 Å². The van der Waals surface area contributed by atoms with Crippen LogP contribution in [-0.4, -0.2) is 5.91 Å². The van der Waals surface area contributed by atoms with Crippen LogP contribution in [0.1, 0.15) is 18.4 Å². The summed E-state index contributed by atoms with van der Waals surface area (Å²) < 4.78 is 0. The zero-order valence-electron chi connectivity index (χ0n) is 12.9. The molecule has 120 valence electrons. The molecule has 1 aromatic carbocycles. The van der Waals surface area contributed by atoms with Gasteiger partial charge in [0.2, 0.25) is 0 Å². The number of nitrogens with one attached hydrogen (secondary N) is 2. The smallest absolute Gasteiger partial charge is 0.254 e. The molecule has 4 nitrogen and oxygen atoms in total. The molecule has 0 aliphatic carbocycles. The largest absolute Gasteiger partial charge is 0.353 e. The number of thiophene rings is 1. The number of thiol groups is 1. The highest BCUT2D eigenvalue weighted by atomic mass is 32.1. The summed E-state index contributed by atoms with van der Waals surface area (Å²) in [5, 5.41) is 19.9. The molecule has 1 atom stereocenters. The number of dihydropyridines is 1. The standard InChI is InChI=1S/C18H15N3OS2/c1-11-15(17(22)21-13-5-3-2-4-6-13)16(12-7-8-24-10-12)14(9-19)18(23)20-11/h2-8,10,16,20,23H,1H3,(H,21,22). The molecular formula is C18H15N3OS2. The van der Waals surface area contributed by atoms with Gasteiger partial charge in [-0.25, -0.2) is 0 Å². The number of carbonyl (C=O) groups is 1. The number of nitriles is 1. The van der Waals surface area contributed by atoms with Gasteiger partial charge >= 0.3 is 0 Å². The Kier molecular flexibility index (Phi) is 4.74. The van der Waals surface area contributed by atoms with Crippen LogP contribution in [0.5, 0.6) is 0 Å². The fourth-order valence-corrected chi connectivity index (χ4v) is 3.75. The molecule has 0 bridgehead atoms. The third-order valence-electron chi connectivity index (χ3n) is 3.82. The SMILES string of the molecule is CC1=C(C(=O)Nc2ccccc2)C(c2ccsc2)C(C#N)=C(S)N1. The summed E-state index contributed by atoms with van der Waals surface area (Å²) >= 11 is 5.91.